The van der Waals surface area contributed by atoms with Crippen molar-refractivity contribution in [1.82, 2.24) is 26.6 Å². The van der Waals surface area contributed by atoms with E-state index in [1.54, 1.807) is 6.92 Å². The first-order valence-corrected chi connectivity index (χ1v) is 10.7. The summed E-state index contributed by atoms with van der Waals surface area (Å²) in [5, 5.41) is 18.1. The van der Waals surface area contributed by atoms with Crippen LogP contribution in [0.3, 0.4) is 0 Å². The molecule has 176 valence electrons. The minimum atomic E-state index is -0.386. The molecule has 6 N–H and O–H groups in total. The fraction of sp³-hybridized carbons (Fsp3) is 0.650. The molecule has 1 aliphatic rings. The van der Waals surface area contributed by atoms with Crippen molar-refractivity contribution in [2.24, 2.45) is 9.98 Å². The zero-order valence-electron chi connectivity index (χ0n) is 19.6. The van der Waals surface area contributed by atoms with Gasteiger partial charge < -0.3 is 31.9 Å². The monoisotopic (exact) mass is 454 g/mol. The van der Waals surface area contributed by atoms with Gasteiger partial charge in [0.25, 0.3) is 0 Å². The zero-order valence-corrected chi connectivity index (χ0v) is 20.4. The number of rotatable bonds is 10. The maximum atomic E-state index is 10.9. The smallest absolute Gasteiger partial charge is 0.249 e. The van der Waals surface area contributed by atoms with E-state index in [4.69, 9.17) is 12.2 Å². The van der Waals surface area contributed by atoms with E-state index >= 15 is 0 Å². The van der Waals surface area contributed by atoms with E-state index in [2.05, 4.69) is 41.9 Å². The molecule has 0 saturated carbocycles. The van der Waals surface area contributed by atoms with E-state index in [0.29, 0.717) is 24.5 Å². The molecule has 0 aliphatic carbocycles. The number of hydrogen-bond donors (Lipinski definition) is 6. The number of amidine groups is 1. The van der Waals surface area contributed by atoms with E-state index in [1.807, 2.05) is 35.0 Å². The van der Waals surface area contributed by atoms with Gasteiger partial charge in [0.15, 0.2) is 0 Å². The Hall–Kier alpha value is -2.21. The van der Waals surface area contributed by atoms with Crippen LogP contribution in [0.5, 0.6) is 0 Å². The molecule has 1 aromatic rings. The molecule has 11 heteroatoms. The molecule has 10 nitrogen and oxygen atoms in total. The first-order chi connectivity index (χ1) is 14.8. The maximum Gasteiger partial charge on any atom is 0.249 e. The van der Waals surface area contributed by atoms with Crippen LogP contribution in [0.15, 0.2) is 19.6 Å². The third kappa shape index (κ3) is 12.3. The minimum Gasteiger partial charge on any atom is -0.380 e. The van der Waals surface area contributed by atoms with Crippen LogP contribution >= 0.6 is 12.2 Å². The summed E-state index contributed by atoms with van der Waals surface area (Å²) in [6, 6.07) is 0. The summed E-state index contributed by atoms with van der Waals surface area (Å²) in [5.74, 6) is 0.945. The summed E-state index contributed by atoms with van der Waals surface area (Å²) < 4.78 is 0. The van der Waals surface area contributed by atoms with Crippen molar-refractivity contribution in [1.29, 1.82) is 0 Å². The van der Waals surface area contributed by atoms with Crippen molar-refractivity contribution in [3.8, 4) is 0 Å². The Labute approximate surface area is 190 Å². The van der Waals surface area contributed by atoms with E-state index in [-0.39, 0.29) is 10.9 Å². The normalized spacial score (nSPS) is 12.1. The van der Waals surface area contributed by atoms with Crippen molar-refractivity contribution in [2.45, 2.75) is 20.8 Å². The van der Waals surface area contributed by atoms with Crippen molar-refractivity contribution in [3.63, 3.8) is 0 Å². The fourth-order valence-electron chi connectivity index (χ4n) is 2.29. The van der Waals surface area contributed by atoms with Crippen LogP contribution in [-0.2, 0) is 0 Å². The topological polar surface area (TPSA) is 131 Å². The van der Waals surface area contributed by atoms with Crippen LogP contribution in [0.25, 0.3) is 0 Å². The van der Waals surface area contributed by atoms with Gasteiger partial charge in [-0.15, -0.1) is 0 Å². The maximum absolute atomic E-state index is 10.9. The molecule has 0 amide bonds. The highest BCUT2D eigenvalue weighted by atomic mass is 32.1. The number of thiocarbonyl (C=S) groups is 1. The van der Waals surface area contributed by atoms with Gasteiger partial charge in [-0.3, -0.25) is 14.6 Å². The first-order valence-electron chi connectivity index (χ1n) is 10.3. The molecular formula is C20H38N8O2S. The van der Waals surface area contributed by atoms with Gasteiger partial charge in [-0.05, 0) is 41.9 Å². The number of nitrogens with one attached hydrogen (secondary N) is 6. The lowest BCUT2D eigenvalue weighted by atomic mass is 10.1. The second-order valence-corrected chi connectivity index (χ2v) is 7.31. The van der Waals surface area contributed by atoms with Gasteiger partial charge in [0.1, 0.15) is 12.5 Å². The van der Waals surface area contributed by atoms with Crippen LogP contribution in [-0.4, -0.2) is 83.6 Å². The molecular weight excluding hydrogens is 416 g/mol. The zero-order chi connectivity index (χ0) is 23.6. The van der Waals surface area contributed by atoms with Crippen molar-refractivity contribution >= 4 is 34.4 Å². The molecule has 31 heavy (non-hydrogen) atoms. The molecule has 1 aromatic carbocycles. The molecule has 0 unspecified atom stereocenters. The van der Waals surface area contributed by atoms with E-state index in [0.717, 1.165) is 49.3 Å². The summed E-state index contributed by atoms with van der Waals surface area (Å²) in [5.41, 5.74) is 1.30. The Bertz CT molecular complexity index is 785. The summed E-state index contributed by atoms with van der Waals surface area (Å²) in [7, 11) is 5.68. The highest BCUT2D eigenvalue weighted by Gasteiger charge is 2.15. The standard InChI is InChI=1S/C8H12N2O2.C7H14N4.C5H12N2S/c1-5-6(8(12)7(5)11)10-4-3-9-2;1-6-7(11-5-10-6)9-4-3-8-2;1-5(8)7-4-3-6-2/h9-10H,3-4H2,1-2H3;8H,3-5H2,1-2H3,(H,9,11);6H,3-4H2,1-2H3,(H,7,8). The Morgan fingerprint density at radius 2 is 1.39 bits per heavy atom. The van der Waals surface area contributed by atoms with Gasteiger partial charge in [-0.2, -0.15) is 0 Å². The lowest BCUT2D eigenvalue weighted by molar-refractivity contribution is 0.759. The molecule has 0 aromatic heterocycles. The Balaban J connectivity index is 0.000000446. The average molecular weight is 455 g/mol. The average Bonchev–Trinajstić information content (AvgIpc) is 3.16. The van der Waals surface area contributed by atoms with Crippen LogP contribution in [0.1, 0.15) is 19.4 Å². The number of likely N-dealkylation sites (N-methyl/N-ethyl adjacent to an activating group) is 3. The molecule has 0 fully saturated rings. The SMILES string of the molecule is CNCCNC(C)=S.CNCCNC1=NCN=C1C.CNCCNc1c(C)c(=O)c1=O. The fourth-order valence-corrected chi connectivity index (χ4v) is 2.39. The van der Waals surface area contributed by atoms with E-state index in [1.165, 1.54) is 0 Å². The largest absolute Gasteiger partial charge is 0.380 e. The quantitative estimate of drug-likeness (QED) is 0.150. The second-order valence-electron chi connectivity index (χ2n) is 6.70. The third-order valence-corrected chi connectivity index (χ3v) is 4.27. The molecule has 0 radical (unpaired) electrons. The van der Waals surface area contributed by atoms with Crippen LogP contribution < -0.4 is 42.8 Å². The molecule has 0 saturated heterocycles. The van der Waals surface area contributed by atoms with Crippen molar-refractivity contribution in [2.75, 3.05) is 72.4 Å². The van der Waals surface area contributed by atoms with Gasteiger partial charge in [0.2, 0.25) is 10.9 Å². The molecule has 0 spiro atoms. The molecule has 2 rings (SSSR count). The molecule has 0 atom stereocenters. The minimum absolute atomic E-state index is 0.359. The summed E-state index contributed by atoms with van der Waals surface area (Å²) >= 11 is 4.77. The molecule has 0 bridgehead atoms. The van der Waals surface area contributed by atoms with E-state index in [9.17, 15) is 9.59 Å². The van der Waals surface area contributed by atoms with Gasteiger partial charge in [0, 0.05) is 44.8 Å². The number of anilines is 1. The molecule has 1 aliphatic heterocycles. The van der Waals surface area contributed by atoms with Crippen LogP contribution in [0.2, 0.25) is 0 Å². The van der Waals surface area contributed by atoms with Gasteiger partial charge >= 0.3 is 0 Å². The lowest BCUT2D eigenvalue weighted by Crippen LogP contribution is -2.38. The Morgan fingerprint density at radius 3 is 1.84 bits per heavy atom. The summed E-state index contributed by atoms with van der Waals surface area (Å²) in [4.78, 5) is 30.8. The number of hydrogen-bond acceptors (Lipinski definition) is 10. The Kier molecular flexibility index (Phi) is 16.2. The lowest BCUT2D eigenvalue weighted by Gasteiger charge is -2.08. The number of nitrogens with zero attached hydrogens (tertiary/aromatic N) is 2. The summed E-state index contributed by atoms with van der Waals surface area (Å²) in [6.07, 6.45) is 0. The highest BCUT2D eigenvalue weighted by Crippen LogP contribution is 2.03. The van der Waals surface area contributed by atoms with Crippen LogP contribution in [0.4, 0.5) is 5.69 Å². The first kappa shape index (κ1) is 28.8. The van der Waals surface area contributed by atoms with Crippen LogP contribution in [0, 0.1) is 6.92 Å². The predicted octanol–water partition coefficient (Wildman–Crippen LogP) is -1.01. The Morgan fingerprint density at radius 1 is 0.839 bits per heavy atom. The van der Waals surface area contributed by atoms with Crippen molar-refractivity contribution < 1.29 is 0 Å². The van der Waals surface area contributed by atoms with Gasteiger partial charge in [-0.25, -0.2) is 4.99 Å². The highest BCUT2D eigenvalue weighted by molar-refractivity contribution is 7.80. The molecule has 1 heterocycles. The van der Waals surface area contributed by atoms with Gasteiger partial charge in [-0.1, -0.05) is 12.2 Å². The summed E-state index contributed by atoms with van der Waals surface area (Å²) in [6.45, 7) is 11.3. The van der Waals surface area contributed by atoms with Gasteiger partial charge in [0.05, 0.1) is 16.4 Å². The number of aliphatic imine (C=N–C) groups is 2. The predicted molar refractivity (Wildman–Crippen MR) is 136 cm³/mol. The third-order valence-electron chi connectivity index (χ3n) is 4.12. The second kappa shape index (κ2) is 17.5. The van der Waals surface area contributed by atoms with Crippen molar-refractivity contribution in [3.05, 3.63) is 26.0 Å². The van der Waals surface area contributed by atoms with E-state index < -0.39 is 0 Å².